The van der Waals surface area contributed by atoms with Crippen molar-refractivity contribution < 1.29 is 30.7 Å². The lowest BCUT2D eigenvalue weighted by atomic mass is 9.86. The molecule has 0 bridgehead atoms. The van der Waals surface area contributed by atoms with Crippen LogP contribution in [0.3, 0.4) is 0 Å². The lowest BCUT2D eigenvalue weighted by Gasteiger charge is -2.39. The van der Waals surface area contributed by atoms with Crippen molar-refractivity contribution in [1.29, 1.82) is 0 Å². The Labute approximate surface area is 228 Å². The molecule has 2 aromatic carbocycles. The van der Waals surface area contributed by atoms with Gasteiger partial charge >= 0.3 is 12.4 Å². The Morgan fingerprint density at radius 3 is 2.25 bits per heavy atom. The number of likely N-dealkylation sites (tertiary alicyclic amines) is 1. The third kappa shape index (κ3) is 5.94. The zero-order valence-corrected chi connectivity index (χ0v) is 21.8. The van der Waals surface area contributed by atoms with Crippen LogP contribution in [-0.2, 0) is 25.2 Å². The van der Waals surface area contributed by atoms with E-state index in [1.807, 2.05) is 42.5 Å². The quantitative estimate of drug-likeness (QED) is 0.270. The third-order valence-corrected chi connectivity index (χ3v) is 7.69. The van der Waals surface area contributed by atoms with Gasteiger partial charge in [0.25, 0.3) is 0 Å². The van der Waals surface area contributed by atoms with Gasteiger partial charge in [0, 0.05) is 25.8 Å². The first-order valence-corrected chi connectivity index (χ1v) is 13.4. The highest BCUT2D eigenvalue weighted by atomic mass is 19.4. The molecule has 0 unspecified atom stereocenters. The topological polar surface area (TPSA) is 16.1 Å². The number of benzene rings is 2. The molecule has 2 heterocycles. The first-order chi connectivity index (χ1) is 19.1. The van der Waals surface area contributed by atoms with Gasteiger partial charge in [-0.25, -0.2) is 0 Å². The molecular formula is C31H29F7N2. The molecule has 1 fully saturated rings. The zero-order chi connectivity index (χ0) is 28.5. The molecule has 0 radical (unpaired) electrons. The summed E-state index contributed by atoms with van der Waals surface area (Å²) in [5.74, 6) is 0.447. The van der Waals surface area contributed by atoms with E-state index in [1.54, 1.807) is 6.07 Å². The van der Waals surface area contributed by atoms with E-state index in [1.165, 1.54) is 0 Å². The van der Waals surface area contributed by atoms with Gasteiger partial charge in [0.2, 0.25) is 0 Å². The van der Waals surface area contributed by atoms with Crippen LogP contribution in [-0.4, -0.2) is 36.2 Å². The summed E-state index contributed by atoms with van der Waals surface area (Å²) in [5, 5.41) is 0. The number of nitrogens with zero attached hydrogens (tertiary/aromatic N) is 2. The van der Waals surface area contributed by atoms with Crippen LogP contribution in [0.15, 0.2) is 60.8 Å². The molecule has 9 heteroatoms. The summed E-state index contributed by atoms with van der Waals surface area (Å²) in [6.45, 7) is 2.20. The van der Waals surface area contributed by atoms with E-state index in [2.05, 4.69) is 9.88 Å². The molecule has 5 rings (SSSR count). The summed E-state index contributed by atoms with van der Waals surface area (Å²) < 4.78 is 96.5. The minimum atomic E-state index is -5.25. The fraction of sp³-hybridized carbons (Fsp3) is 0.387. The molecule has 1 aromatic heterocycles. The molecule has 2 nitrogen and oxygen atoms in total. The Morgan fingerprint density at radius 2 is 1.57 bits per heavy atom. The maximum atomic E-state index is 14.2. The highest BCUT2D eigenvalue weighted by Gasteiger charge is 2.46. The van der Waals surface area contributed by atoms with Gasteiger partial charge in [-0.2, -0.15) is 26.3 Å². The van der Waals surface area contributed by atoms with Crippen LogP contribution >= 0.6 is 0 Å². The highest BCUT2D eigenvalue weighted by molar-refractivity contribution is 5.99. The van der Waals surface area contributed by atoms with Crippen LogP contribution < -0.4 is 0 Å². The number of halogens is 7. The molecular weight excluding hydrogens is 533 g/mol. The van der Waals surface area contributed by atoms with Gasteiger partial charge in [-0.05, 0) is 77.5 Å². The van der Waals surface area contributed by atoms with Gasteiger partial charge in [-0.1, -0.05) is 48.5 Å². The predicted octanol–water partition coefficient (Wildman–Crippen LogP) is 8.25. The van der Waals surface area contributed by atoms with Gasteiger partial charge in [-0.15, -0.1) is 0 Å². The van der Waals surface area contributed by atoms with Crippen LogP contribution in [0.2, 0.25) is 0 Å². The van der Waals surface area contributed by atoms with Crippen LogP contribution in [0.5, 0.6) is 0 Å². The Hall–Kier alpha value is -3.20. The molecule has 0 N–H and O–H groups in total. The lowest BCUT2D eigenvalue weighted by molar-refractivity contribution is -0.162. The molecule has 0 atom stereocenters. The molecule has 1 aliphatic heterocycles. The number of pyridine rings is 1. The zero-order valence-electron chi connectivity index (χ0n) is 21.8. The van der Waals surface area contributed by atoms with Crippen LogP contribution in [0, 0.1) is 5.92 Å². The summed E-state index contributed by atoms with van der Waals surface area (Å²) in [6, 6.07) is 15.3. The van der Waals surface area contributed by atoms with E-state index >= 15 is 0 Å². The number of hydrogen-bond acceptors (Lipinski definition) is 2. The van der Waals surface area contributed by atoms with Gasteiger partial charge in [0.1, 0.15) is 0 Å². The predicted molar refractivity (Wildman–Crippen MR) is 140 cm³/mol. The van der Waals surface area contributed by atoms with E-state index in [-0.39, 0.29) is 18.7 Å². The van der Waals surface area contributed by atoms with Crippen LogP contribution in [0.4, 0.5) is 30.7 Å². The molecule has 1 saturated heterocycles. The van der Waals surface area contributed by atoms with Crippen molar-refractivity contribution in [3.8, 4) is 0 Å². The fourth-order valence-corrected chi connectivity index (χ4v) is 5.92. The summed E-state index contributed by atoms with van der Waals surface area (Å²) in [7, 11) is 0. The maximum absolute atomic E-state index is 14.2. The van der Waals surface area contributed by atoms with Gasteiger partial charge in [0.05, 0.1) is 23.5 Å². The third-order valence-electron chi connectivity index (χ3n) is 7.69. The SMILES string of the molecule is FCCCN1CC(Cc2ccc(C3=C(c4nccc(C(F)(F)F)c4C(F)(F)F)CCCc4ccccc43)cc2)C1. The van der Waals surface area contributed by atoms with E-state index in [9.17, 15) is 30.7 Å². The second-order valence-corrected chi connectivity index (χ2v) is 10.5. The smallest absolute Gasteiger partial charge is 0.303 e. The molecule has 212 valence electrons. The summed E-state index contributed by atoms with van der Waals surface area (Å²) >= 11 is 0. The number of aromatic nitrogens is 1. The largest absolute Gasteiger partial charge is 0.419 e. The van der Waals surface area contributed by atoms with Crippen LogP contribution in [0.25, 0.3) is 11.1 Å². The second-order valence-electron chi connectivity index (χ2n) is 10.5. The summed E-state index contributed by atoms with van der Waals surface area (Å²) in [6.07, 6.45) is -7.06. The van der Waals surface area contributed by atoms with Crippen molar-refractivity contribution in [2.75, 3.05) is 26.3 Å². The second kappa shape index (κ2) is 11.4. The number of hydrogen-bond donors (Lipinski definition) is 0. The van der Waals surface area contributed by atoms with Crippen molar-refractivity contribution in [2.45, 2.75) is 44.5 Å². The first kappa shape index (κ1) is 28.3. The van der Waals surface area contributed by atoms with Crippen molar-refractivity contribution in [1.82, 2.24) is 9.88 Å². The number of alkyl halides is 7. The summed E-state index contributed by atoms with van der Waals surface area (Å²) in [5.41, 5.74) is -0.149. The van der Waals surface area contributed by atoms with Crippen LogP contribution in [0.1, 0.15) is 58.3 Å². The molecule has 1 aliphatic carbocycles. The summed E-state index contributed by atoms with van der Waals surface area (Å²) in [4.78, 5) is 6.14. The van der Waals surface area contributed by atoms with Gasteiger partial charge < -0.3 is 4.90 Å². The molecule has 0 spiro atoms. The Kier molecular flexibility index (Phi) is 8.04. The van der Waals surface area contributed by atoms with E-state index < -0.39 is 29.2 Å². The van der Waals surface area contributed by atoms with E-state index in [0.29, 0.717) is 47.9 Å². The van der Waals surface area contributed by atoms with Crippen molar-refractivity contribution >= 4 is 11.1 Å². The molecule has 40 heavy (non-hydrogen) atoms. The fourth-order valence-electron chi connectivity index (χ4n) is 5.92. The molecule has 3 aromatic rings. The van der Waals surface area contributed by atoms with Crippen molar-refractivity contribution in [2.24, 2.45) is 5.92 Å². The number of fused-ring (bicyclic) bond motifs is 1. The van der Waals surface area contributed by atoms with Crippen molar-refractivity contribution in [3.63, 3.8) is 0 Å². The normalized spacial score (nSPS) is 17.0. The van der Waals surface area contributed by atoms with Crippen molar-refractivity contribution in [3.05, 3.63) is 99.9 Å². The standard InChI is InChI=1S/C31H29F7N2/c32-14-4-16-40-18-21(19-40)17-20-9-11-23(12-10-20)27-24-7-2-1-5-22(24)6-3-8-25(27)29-28(31(36,37)38)26(13-15-39-29)30(33,34)35/h1-2,5,7,9-13,15,21H,3-4,6,8,14,16-19H2. The van der Waals surface area contributed by atoms with Gasteiger partial charge in [0.15, 0.2) is 0 Å². The Bertz CT molecular complexity index is 1370. The minimum Gasteiger partial charge on any atom is -0.303 e. The van der Waals surface area contributed by atoms with E-state index in [0.717, 1.165) is 43.4 Å². The minimum absolute atomic E-state index is 0.153. The van der Waals surface area contributed by atoms with E-state index in [4.69, 9.17) is 0 Å². The Balaban J connectivity index is 1.58. The van der Waals surface area contributed by atoms with Gasteiger partial charge in [-0.3, -0.25) is 9.37 Å². The number of rotatable bonds is 7. The number of aryl methyl sites for hydroxylation is 1. The highest BCUT2D eigenvalue weighted by Crippen LogP contribution is 2.47. The Morgan fingerprint density at radius 1 is 0.850 bits per heavy atom. The molecule has 0 amide bonds. The molecule has 0 saturated carbocycles. The first-order valence-electron chi connectivity index (χ1n) is 13.4. The number of allylic oxidation sites excluding steroid dienone is 1. The average Bonchev–Trinajstić information content (AvgIpc) is 3.08. The maximum Gasteiger partial charge on any atom is 0.419 e. The molecule has 2 aliphatic rings. The lowest BCUT2D eigenvalue weighted by Crippen LogP contribution is -2.47. The average molecular weight is 563 g/mol. The monoisotopic (exact) mass is 562 g/mol.